The van der Waals surface area contributed by atoms with Gasteiger partial charge < -0.3 is 15.5 Å². The monoisotopic (exact) mass is 187 g/mol. The van der Waals surface area contributed by atoms with Crippen molar-refractivity contribution in [3.63, 3.8) is 0 Å². The van der Waals surface area contributed by atoms with Gasteiger partial charge in [0.15, 0.2) is 0 Å². The molecule has 0 rings (SSSR count). The molecule has 1 atom stereocenters. The summed E-state index contributed by atoms with van der Waals surface area (Å²) in [6.07, 6.45) is 1.07. The van der Waals surface area contributed by atoms with E-state index in [0.717, 1.165) is 6.42 Å². The van der Waals surface area contributed by atoms with E-state index >= 15 is 0 Å². The summed E-state index contributed by atoms with van der Waals surface area (Å²) in [4.78, 5) is 12.9. The molecular weight excluding hydrogens is 166 g/mol. The van der Waals surface area contributed by atoms with Gasteiger partial charge in [0.05, 0.1) is 6.17 Å². The van der Waals surface area contributed by atoms with Crippen molar-refractivity contribution in [2.45, 2.75) is 26.4 Å². The van der Waals surface area contributed by atoms with Gasteiger partial charge in [-0.1, -0.05) is 13.8 Å². The fourth-order valence-corrected chi connectivity index (χ4v) is 1.23. The summed E-state index contributed by atoms with van der Waals surface area (Å²) in [5.41, 5.74) is 0. The van der Waals surface area contributed by atoms with Crippen LogP contribution in [0.2, 0.25) is 0 Å². The molecule has 0 bridgehead atoms. The third-order valence-corrected chi connectivity index (χ3v) is 2.03. The maximum Gasteiger partial charge on any atom is 0.318 e. The molecule has 0 saturated heterocycles. The summed E-state index contributed by atoms with van der Waals surface area (Å²) in [7, 11) is 5.30. The summed E-state index contributed by atoms with van der Waals surface area (Å²) in [5, 5.41) is 5.71. The molecule has 0 unspecified atom stereocenters. The molecule has 2 amide bonds. The highest BCUT2D eigenvalue weighted by Crippen LogP contribution is 2.07. The average Bonchev–Trinajstić information content (AvgIpc) is 2.11. The van der Waals surface area contributed by atoms with E-state index in [9.17, 15) is 4.79 Å². The fourth-order valence-electron chi connectivity index (χ4n) is 1.23. The van der Waals surface area contributed by atoms with Crippen molar-refractivity contribution < 1.29 is 4.79 Å². The summed E-state index contributed by atoms with van der Waals surface area (Å²) in [5.74, 6) is 0.574. The van der Waals surface area contributed by atoms with Crippen molar-refractivity contribution in [2.75, 3.05) is 21.1 Å². The summed E-state index contributed by atoms with van der Waals surface area (Å²) in [6, 6.07) is -0.0556. The maximum absolute atomic E-state index is 11.3. The van der Waals surface area contributed by atoms with E-state index in [2.05, 4.69) is 24.5 Å². The molecule has 0 radical (unpaired) electrons. The van der Waals surface area contributed by atoms with E-state index in [1.807, 2.05) is 7.05 Å². The molecule has 4 nitrogen and oxygen atoms in total. The van der Waals surface area contributed by atoms with Gasteiger partial charge in [-0.3, -0.25) is 0 Å². The Morgan fingerprint density at radius 3 is 2.23 bits per heavy atom. The molecule has 2 N–H and O–H groups in total. The third-order valence-electron chi connectivity index (χ3n) is 2.03. The number of nitrogens with one attached hydrogen (secondary N) is 2. The van der Waals surface area contributed by atoms with Gasteiger partial charge in [0, 0.05) is 14.1 Å². The van der Waals surface area contributed by atoms with Crippen molar-refractivity contribution >= 4 is 6.03 Å². The highest BCUT2D eigenvalue weighted by Gasteiger charge is 2.17. The molecule has 0 aromatic rings. The molecule has 13 heavy (non-hydrogen) atoms. The molecule has 0 heterocycles. The smallest absolute Gasteiger partial charge is 0.318 e. The lowest BCUT2D eigenvalue weighted by atomic mass is 10.1. The SMILES string of the molecule is CNC(=O)N(C)[C@H](CC(C)C)NC. The van der Waals surface area contributed by atoms with Gasteiger partial charge in [-0.15, -0.1) is 0 Å². The third kappa shape index (κ3) is 4.12. The van der Waals surface area contributed by atoms with Crippen LogP contribution >= 0.6 is 0 Å². The van der Waals surface area contributed by atoms with Crippen molar-refractivity contribution in [3.05, 3.63) is 0 Å². The molecule has 4 heteroatoms. The van der Waals surface area contributed by atoms with Crippen molar-refractivity contribution in [3.8, 4) is 0 Å². The first kappa shape index (κ1) is 12.2. The Morgan fingerprint density at radius 2 is 1.92 bits per heavy atom. The van der Waals surface area contributed by atoms with Crippen LogP contribution in [-0.4, -0.2) is 38.2 Å². The number of hydrogen-bond donors (Lipinski definition) is 2. The van der Waals surface area contributed by atoms with Crippen LogP contribution in [0.4, 0.5) is 4.79 Å². The van der Waals surface area contributed by atoms with Crippen LogP contribution in [0.3, 0.4) is 0 Å². The Kier molecular flexibility index (Phi) is 5.46. The summed E-state index contributed by atoms with van der Waals surface area (Å²) in [6.45, 7) is 4.28. The van der Waals surface area contributed by atoms with Gasteiger partial charge in [-0.2, -0.15) is 0 Å². The van der Waals surface area contributed by atoms with Crippen LogP contribution in [0.25, 0.3) is 0 Å². The quantitative estimate of drug-likeness (QED) is 0.641. The average molecular weight is 187 g/mol. The Labute approximate surface area is 80.7 Å². The second kappa shape index (κ2) is 5.80. The lowest BCUT2D eigenvalue weighted by molar-refractivity contribution is 0.173. The van der Waals surface area contributed by atoms with Crippen molar-refractivity contribution in [1.29, 1.82) is 0 Å². The minimum atomic E-state index is -0.0556. The molecule has 0 aromatic carbocycles. The van der Waals surface area contributed by atoms with Crippen LogP contribution < -0.4 is 10.6 Å². The topological polar surface area (TPSA) is 44.4 Å². The van der Waals surface area contributed by atoms with Gasteiger partial charge in [0.1, 0.15) is 0 Å². The van der Waals surface area contributed by atoms with Crippen LogP contribution in [0.1, 0.15) is 20.3 Å². The number of carbonyl (C=O) groups excluding carboxylic acids is 1. The number of hydrogen-bond acceptors (Lipinski definition) is 2. The first-order chi connectivity index (χ1) is 6.02. The Morgan fingerprint density at radius 1 is 1.38 bits per heavy atom. The fraction of sp³-hybridized carbons (Fsp3) is 0.889. The van der Waals surface area contributed by atoms with Crippen LogP contribution in [-0.2, 0) is 0 Å². The molecule has 0 aliphatic carbocycles. The lowest BCUT2D eigenvalue weighted by Crippen LogP contribution is -2.48. The number of rotatable bonds is 4. The second-order valence-electron chi connectivity index (χ2n) is 3.60. The van der Waals surface area contributed by atoms with Gasteiger partial charge in [0.2, 0.25) is 0 Å². The zero-order valence-electron chi connectivity index (χ0n) is 9.22. The Bertz CT molecular complexity index is 159. The van der Waals surface area contributed by atoms with E-state index in [1.165, 1.54) is 0 Å². The zero-order valence-corrected chi connectivity index (χ0v) is 9.22. The zero-order chi connectivity index (χ0) is 10.4. The van der Waals surface area contributed by atoms with E-state index in [1.54, 1.807) is 19.0 Å². The van der Waals surface area contributed by atoms with Gasteiger partial charge >= 0.3 is 6.03 Å². The van der Waals surface area contributed by atoms with Gasteiger partial charge in [-0.25, -0.2) is 4.79 Å². The van der Waals surface area contributed by atoms with E-state index < -0.39 is 0 Å². The van der Waals surface area contributed by atoms with Crippen molar-refractivity contribution in [1.82, 2.24) is 15.5 Å². The Hall–Kier alpha value is -0.770. The molecule has 0 saturated carbocycles. The second-order valence-corrected chi connectivity index (χ2v) is 3.60. The molecule has 0 fully saturated rings. The molecule has 0 aliphatic rings. The van der Waals surface area contributed by atoms with Crippen LogP contribution in [0.5, 0.6) is 0 Å². The number of carbonyl (C=O) groups is 1. The number of urea groups is 1. The predicted molar refractivity (Wildman–Crippen MR) is 54.5 cm³/mol. The summed E-state index contributed by atoms with van der Waals surface area (Å²) < 4.78 is 0. The predicted octanol–water partition coefficient (Wildman–Crippen LogP) is 0.849. The highest BCUT2D eigenvalue weighted by molar-refractivity contribution is 5.73. The van der Waals surface area contributed by atoms with E-state index in [0.29, 0.717) is 5.92 Å². The first-order valence-electron chi connectivity index (χ1n) is 4.64. The molecule has 0 aromatic heterocycles. The minimum absolute atomic E-state index is 0.0556. The number of nitrogens with zero attached hydrogens (tertiary/aromatic N) is 1. The molecule has 78 valence electrons. The number of amides is 2. The van der Waals surface area contributed by atoms with Gasteiger partial charge in [0.25, 0.3) is 0 Å². The normalized spacial score (nSPS) is 12.8. The minimum Gasteiger partial charge on any atom is -0.341 e. The molecular formula is C9H21N3O. The van der Waals surface area contributed by atoms with Crippen LogP contribution in [0, 0.1) is 5.92 Å². The lowest BCUT2D eigenvalue weighted by Gasteiger charge is -2.28. The standard InChI is InChI=1S/C9H21N3O/c1-7(2)6-8(10-3)12(5)9(13)11-4/h7-8,10H,6H2,1-5H3,(H,11,13)/t8-/m1/s1. The highest BCUT2D eigenvalue weighted by atomic mass is 16.2. The van der Waals surface area contributed by atoms with E-state index in [-0.39, 0.29) is 12.2 Å². The molecule has 0 aliphatic heterocycles. The Balaban J connectivity index is 4.14. The summed E-state index contributed by atoms with van der Waals surface area (Å²) >= 11 is 0. The van der Waals surface area contributed by atoms with Crippen molar-refractivity contribution in [2.24, 2.45) is 5.92 Å². The molecule has 0 spiro atoms. The largest absolute Gasteiger partial charge is 0.341 e. The van der Waals surface area contributed by atoms with E-state index in [4.69, 9.17) is 0 Å². The maximum atomic E-state index is 11.3. The van der Waals surface area contributed by atoms with Gasteiger partial charge in [-0.05, 0) is 19.4 Å². The first-order valence-corrected chi connectivity index (χ1v) is 4.64. The van der Waals surface area contributed by atoms with Crippen LogP contribution in [0.15, 0.2) is 0 Å².